The third-order valence-electron chi connectivity index (χ3n) is 4.48. The second-order valence-electron chi connectivity index (χ2n) is 6.14. The molecule has 0 spiro atoms. The second-order valence-corrected chi connectivity index (χ2v) is 6.14. The third kappa shape index (κ3) is 4.55. The molecular weight excluding hydrogens is 242 g/mol. The number of carbonyl (C=O) groups is 1. The van der Waals surface area contributed by atoms with Gasteiger partial charge >= 0.3 is 0 Å². The van der Waals surface area contributed by atoms with E-state index in [0.717, 1.165) is 51.7 Å². The standard InChI is InChI=1S/C15H27NO3/c1-12-2-3-15(18)13(10-12)11-16-6-4-14(5-7-16)19-9-8-17/h12-14,17H,2-11H2,1H3. The fourth-order valence-electron chi connectivity index (χ4n) is 3.29. The molecule has 0 amide bonds. The lowest BCUT2D eigenvalue weighted by molar-refractivity contribution is -0.126. The molecule has 1 saturated carbocycles. The zero-order valence-electron chi connectivity index (χ0n) is 12.0. The Kier molecular flexibility index (Phi) is 5.79. The molecule has 4 nitrogen and oxygen atoms in total. The summed E-state index contributed by atoms with van der Waals surface area (Å²) >= 11 is 0. The monoisotopic (exact) mass is 269 g/mol. The highest BCUT2D eigenvalue weighted by atomic mass is 16.5. The molecule has 2 fully saturated rings. The van der Waals surface area contributed by atoms with Gasteiger partial charge in [0.05, 0.1) is 19.3 Å². The van der Waals surface area contributed by atoms with Crippen molar-refractivity contribution < 1.29 is 14.6 Å². The van der Waals surface area contributed by atoms with Crippen molar-refractivity contribution in [2.75, 3.05) is 32.8 Å². The summed E-state index contributed by atoms with van der Waals surface area (Å²) in [7, 11) is 0. The summed E-state index contributed by atoms with van der Waals surface area (Å²) in [5.74, 6) is 1.43. The molecule has 2 rings (SSSR count). The summed E-state index contributed by atoms with van der Waals surface area (Å²) in [6.45, 7) is 5.80. The predicted octanol–water partition coefficient (Wildman–Crippen LogP) is 1.46. The van der Waals surface area contributed by atoms with Gasteiger partial charge in [-0.1, -0.05) is 6.92 Å². The van der Waals surface area contributed by atoms with Crippen molar-refractivity contribution in [1.29, 1.82) is 0 Å². The van der Waals surface area contributed by atoms with Gasteiger partial charge in [0, 0.05) is 32.0 Å². The fraction of sp³-hybridized carbons (Fsp3) is 0.933. The minimum absolute atomic E-state index is 0.106. The Morgan fingerprint density at radius 3 is 2.74 bits per heavy atom. The van der Waals surface area contributed by atoms with Crippen molar-refractivity contribution in [3.8, 4) is 0 Å². The van der Waals surface area contributed by atoms with Crippen LogP contribution in [-0.2, 0) is 9.53 Å². The molecule has 2 aliphatic rings. The van der Waals surface area contributed by atoms with Crippen molar-refractivity contribution in [1.82, 2.24) is 4.90 Å². The van der Waals surface area contributed by atoms with E-state index >= 15 is 0 Å². The number of carbonyl (C=O) groups excluding carboxylic acids is 1. The Labute approximate surface area is 116 Å². The Balaban J connectivity index is 1.71. The van der Waals surface area contributed by atoms with Crippen LogP contribution in [0.4, 0.5) is 0 Å². The summed E-state index contributed by atoms with van der Waals surface area (Å²) in [4.78, 5) is 14.4. The van der Waals surface area contributed by atoms with E-state index in [4.69, 9.17) is 9.84 Å². The van der Waals surface area contributed by atoms with Gasteiger partial charge in [-0.3, -0.25) is 4.79 Å². The number of likely N-dealkylation sites (tertiary alicyclic amines) is 1. The van der Waals surface area contributed by atoms with Gasteiger partial charge in [0.25, 0.3) is 0 Å². The molecule has 0 radical (unpaired) electrons. The first kappa shape index (κ1) is 14.9. The Bertz CT molecular complexity index is 287. The van der Waals surface area contributed by atoms with Crippen molar-refractivity contribution in [3.05, 3.63) is 0 Å². The van der Waals surface area contributed by atoms with Crippen LogP contribution >= 0.6 is 0 Å². The Morgan fingerprint density at radius 1 is 1.32 bits per heavy atom. The number of hydrogen-bond donors (Lipinski definition) is 1. The van der Waals surface area contributed by atoms with Crippen LogP contribution in [0.15, 0.2) is 0 Å². The van der Waals surface area contributed by atoms with Crippen LogP contribution in [-0.4, -0.2) is 54.7 Å². The topological polar surface area (TPSA) is 49.8 Å². The highest BCUT2D eigenvalue weighted by Gasteiger charge is 2.29. The quantitative estimate of drug-likeness (QED) is 0.821. The van der Waals surface area contributed by atoms with Crippen LogP contribution in [0.1, 0.15) is 39.0 Å². The van der Waals surface area contributed by atoms with Gasteiger partial charge in [0.15, 0.2) is 0 Å². The molecule has 0 aromatic carbocycles. The van der Waals surface area contributed by atoms with Crippen LogP contribution in [0, 0.1) is 11.8 Å². The molecule has 4 heteroatoms. The third-order valence-corrected chi connectivity index (χ3v) is 4.48. The summed E-state index contributed by atoms with van der Waals surface area (Å²) in [6.07, 6.45) is 5.27. The van der Waals surface area contributed by atoms with Gasteiger partial charge in [-0.2, -0.15) is 0 Å². The Hall–Kier alpha value is -0.450. The van der Waals surface area contributed by atoms with Crippen LogP contribution in [0.2, 0.25) is 0 Å². The van der Waals surface area contributed by atoms with Gasteiger partial charge < -0.3 is 14.7 Å². The van der Waals surface area contributed by atoms with Crippen molar-refractivity contribution in [3.63, 3.8) is 0 Å². The number of piperidine rings is 1. The predicted molar refractivity (Wildman–Crippen MR) is 74.0 cm³/mol. The van der Waals surface area contributed by atoms with Crippen LogP contribution in [0.5, 0.6) is 0 Å². The van der Waals surface area contributed by atoms with Crippen LogP contribution in [0.25, 0.3) is 0 Å². The minimum Gasteiger partial charge on any atom is -0.394 e. The zero-order chi connectivity index (χ0) is 13.7. The van der Waals surface area contributed by atoms with Gasteiger partial charge in [-0.05, 0) is 31.6 Å². The first-order chi connectivity index (χ1) is 9.19. The maximum atomic E-state index is 11.9. The van der Waals surface area contributed by atoms with E-state index in [1.54, 1.807) is 0 Å². The van der Waals surface area contributed by atoms with E-state index in [2.05, 4.69) is 11.8 Å². The van der Waals surface area contributed by atoms with Crippen molar-refractivity contribution >= 4 is 5.78 Å². The maximum Gasteiger partial charge on any atom is 0.137 e. The number of rotatable bonds is 5. The molecule has 0 bridgehead atoms. The van der Waals surface area contributed by atoms with Crippen molar-refractivity contribution in [2.45, 2.75) is 45.1 Å². The summed E-state index contributed by atoms with van der Waals surface area (Å²) in [5, 5.41) is 8.75. The molecule has 1 saturated heterocycles. The first-order valence-corrected chi connectivity index (χ1v) is 7.66. The van der Waals surface area contributed by atoms with Crippen molar-refractivity contribution in [2.24, 2.45) is 11.8 Å². The second kappa shape index (κ2) is 7.36. The lowest BCUT2D eigenvalue weighted by atomic mass is 9.81. The number of Topliss-reactive ketones (excluding diaryl/α,β-unsaturated/α-hetero) is 1. The van der Waals surface area contributed by atoms with E-state index < -0.39 is 0 Å². The van der Waals surface area contributed by atoms with E-state index in [-0.39, 0.29) is 12.5 Å². The molecule has 2 unspecified atom stereocenters. The van der Waals surface area contributed by atoms with Crippen LogP contribution in [0.3, 0.4) is 0 Å². The fourth-order valence-corrected chi connectivity index (χ4v) is 3.29. The Morgan fingerprint density at radius 2 is 2.05 bits per heavy atom. The first-order valence-electron chi connectivity index (χ1n) is 7.66. The molecule has 1 heterocycles. The lowest BCUT2D eigenvalue weighted by Crippen LogP contribution is -2.42. The van der Waals surface area contributed by atoms with Crippen LogP contribution < -0.4 is 0 Å². The van der Waals surface area contributed by atoms with E-state index in [9.17, 15) is 4.79 Å². The molecule has 2 atom stereocenters. The molecule has 110 valence electrons. The molecule has 1 aliphatic carbocycles. The summed E-state index contributed by atoms with van der Waals surface area (Å²) < 4.78 is 5.56. The number of ether oxygens (including phenoxy) is 1. The average molecular weight is 269 g/mol. The zero-order valence-corrected chi connectivity index (χ0v) is 12.0. The lowest BCUT2D eigenvalue weighted by Gasteiger charge is -2.35. The molecule has 0 aromatic heterocycles. The largest absolute Gasteiger partial charge is 0.394 e. The average Bonchev–Trinajstić information content (AvgIpc) is 2.42. The number of aliphatic hydroxyl groups is 1. The minimum atomic E-state index is 0.106. The molecule has 19 heavy (non-hydrogen) atoms. The normalized spacial score (nSPS) is 30.7. The molecule has 1 N–H and O–H groups in total. The SMILES string of the molecule is CC1CCC(=O)C(CN2CCC(OCCO)CC2)C1. The van der Waals surface area contributed by atoms with Gasteiger partial charge in [0.2, 0.25) is 0 Å². The highest BCUT2D eigenvalue weighted by Crippen LogP contribution is 2.27. The van der Waals surface area contributed by atoms with Gasteiger partial charge in [-0.25, -0.2) is 0 Å². The van der Waals surface area contributed by atoms with E-state index in [1.807, 2.05) is 0 Å². The number of nitrogens with zero attached hydrogens (tertiary/aromatic N) is 1. The summed E-state index contributed by atoms with van der Waals surface area (Å²) in [6, 6.07) is 0. The highest BCUT2D eigenvalue weighted by molar-refractivity contribution is 5.81. The summed E-state index contributed by atoms with van der Waals surface area (Å²) in [5.41, 5.74) is 0. The molecular formula is C15H27NO3. The number of ketones is 1. The van der Waals surface area contributed by atoms with E-state index in [0.29, 0.717) is 24.4 Å². The van der Waals surface area contributed by atoms with Gasteiger partial charge in [-0.15, -0.1) is 0 Å². The molecule has 0 aromatic rings. The molecule has 1 aliphatic heterocycles. The number of hydrogen-bond acceptors (Lipinski definition) is 4. The maximum absolute atomic E-state index is 11.9. The van der Waals surface area contributed by atoms with E-state index in [1.165, 1.54) is 0 Å². The smallest absolute Gasteiger partial charge is 0.137 e. The number of aliphatic hydroxyl groups excluding tert-OH is 1. The van der Waals surface area contributed by atoms with Gasteiger partial charge in [0.1, 0.15) is 5.78 Å².